The van der Waals surface area contributed by atoms with Crippen LogP contribution in [0.1, 0.15) is 14.5 Å². The second-order valence-corrected chi connectivity index (χ2v) is 4.81. The van der Waals surface area contributed by atoms with Gasteiger partial charge in [0.15, 0.2) is 0 Å². The highest BCUT2D eigenvalue weighted by Crippen LogP contribution is 2.32. The van der Waals surface area contributed by atoms with E-state index in [0.29, 0.717) is 11.4 Å². The van der Waals surface area contributed by atoms with Gasteiger partial charge in [0.1, 0.15) is 4.88 Å². The van der Waals surface area contributed by atoms with Gasteiger partial charge in [0.25, 0.3) is 0 Å². The largest absolute Gasteiger partial charge is 0.477 e. The standard InChI is InChI=1S/C8H7NO2S2.ClH/c9-3-4-1-5-6(12-4)2-7(13-5)8(10)11;/h1-2H,3,9H2,(H,10,11);1H. The fraction of sp³-hybridized carbons (Fsp3) is 0.125. The van der Waals surface area contributed by atoms with Crippen LogP contribution in [0.15, 0.2) is 12.1 Å². The summed E-state index contributed by atoms with van der Waals surface area (Å²) in [7, 11) is 0. The number of fused-ring (bicyclic) bond motifs is 1. The van der Waals surface area contributed by atoms with Gasteiger partial charge in [-0.1, -0.05) is 0 Å². The number of hydrogen-bond donors (Lipinski definition) is 2. The summed E-state index contributed by atoms with van der Waals surface area (Å²) in [5, 5.41) is 8.72. The minimum Gasteiger partial charge on any atom is -0.477 e. The van der Waals surface area contributed by atoms with E-state index in [1.165, 1.54) is 11.3 Å². The number of nitrogens with two attached hydrogens (primary N) is 1. The lowest BCUT2D eigenvalue weighted by molar-refractivity contribution is 0.0702. The molecule has 0 aliphatic heterocycles. The molecule has 2 aromatic heterocycles. The lowest BCUT2D eigenvalue weighted by Gasteiger charge is -1.84. The molecule has 3 N–H and O–H groups in total. The topological polar surface area (TPSA) is 63.3 Å². The fourth-order valence-electron chi connectivity index (χ4n) is 1.09. The van der Waals surface area contributed by atoms with E-state index in [1.54, 1.807) is 17.4 Å². The zero-order valence-electron chi connectivity index (χ0n) is 7.02. The van der Waals surface area contributed by atoms with Crippen LogP contribution in [0.5, 0.6) is 0 Å². The molecule has 0 aromatic carbocycles. The highest BCUT2D eigenvalue weighted by Gasteiger charge is 2.10. The van der Waals surface area contributed by atoms with Crippen molar-refractivity contribution in [3.8, 4) is 0 Å². The lowest BCUT2D eigenvalue weighted by Crippen LogP contribution is -1.91. The number of aromatic carboxylic acids is 1. The van der Waals surface area contributed by atoms with Gasteiger partial charge in [-0.3, -0.25) is 0 Å². The second kappa shape index (κ2) is 4.27. The summed E-state index contributed by atoms with van der Waals surface area (Å²) < 4.78 is 2.03. The Kier molecular flexibility index (Phi) is 3.49. The summed E-state index contributed by atoms with van der Waals surface area (Å²) in [5.74, 6) is -0.859. The molecule has 2 aromatic rings. The Bertz CT molecular complexity index is 431. The van der Waals surface area contributed by atoms with Crippen molar-refractivity contribution in [2.45, 2.75) is 6.54 Å². The monoisotopic (exact) mass is 249 g/mol. The number of hydrogen-bond acceptors (Lipinski definition) is 4. The third kappa shape index (κ3) is 1.90. The van der Waals surface area contributed by atoms with Crippen LogP contribution in [0, 0.1) is 0 Å². The first-order chi connectivity index (χ1) is 6.20. The summed E-state index contributed by atoms with van der Waals surface area (Å²) in [6.07, 6.45) is 0. The molecule has 0 fully saturated rings. The third-order valence-electron chi connectivity index (χ3n) is 1.67. The molecule has 14 heavy (non-hydrogen) atoms. The molecule has 6 heteroatoms. The molecule has 2 rings (SSSR count). The van der Waals surface area contributed by atoms with Crippen LogP contribution in [0.2, 0.25) is 0 Å². The Labute approximate surface area is 94.6 Å². The molecular weight excluding hydrogens is 242 g/mol. The average Bonchev–Trinajstić information content (AvgIpc) is 2.58. The van der Waals surface area contributed by atoms with Gasteiger partial charge in [-0.05, 0) is 12.1 Å². The van der Waals surface area contributed by atoms with Crippen LogP contribution in [-0.2, 0) is 6.54 Å². The maximum absolute atomic E-state index is 10.6. The van der Waals surface area contributed by atoms with Gasteiger partial charge in [0, 0.05) is 20.8 Å². The molecule has 76 valence electrons. The first-order valence-corrected chi connectivity index (χ1v) is 5.29. The van der Waals surface area contributed by atoms with Crippen molar-refractivity contribution in [3.63, 3.8) is 0 Å². The number of carboxylic acids is 1. The third-order valence-corrected chi connectivity index (χ3v) is 3.97. The van der Waals surface area contributed by atoms with E-state index in [-0.39, 0.29) is 12.4 Å². The van der Waals surface area contributed by atoms with E-state index in [2.05, 4.69) is 0 Å². The Morgan fingerprint density at radius 2 is 2.00 bits per heavy atom. The minimum absolute atomic E-state index is 0. The molecule has 0 bridgehead atoms. The fourth-order valence-corrected chi connectivity index (χ4v) is 3.23. The quantitative estimate of drug-likeness (QED) is 0.860. The van der Waals surface area contributed by atoms with Crippen molar-refractivity contribution in [3.05, 3.63) is 21.9 Å². The number of halogens is 1. The van der Waals surface area contributed by atoms with Gasteiger partial charge < -0.3 is 10.8 Å². The van der Waals surface area contributed by atoms with Crippen LogP contribution < -0.4 is 5.73 Å². The van der Waals surface area contributed by atoms with E-state index in [4.69, 9.17) is 10.8 Å². The van der Waals surface area contributed by atoms with Crippen molar-refractivity contribution < 1.29 is 9.90 Å². The van der Waals surface area contributed by atoms with Crippen LogP contribution in [0.25, 0.3) is 9.40 Å². The molecule has 0 aliphatic rings. The smallest absolute Gasteiger partial charge is 0.345 e. The zero-order chi connectivity index (χ0) is 9.42. The predicted octanol–water partition coefficient (Wildman–Crippen LogP) is 2.54. The molecule has 0 radical (unpaired) electrons. The predicted molar refractivity (Wildman–Crippen MR) is 61.8 cm³/mol. The molecule has 2 heterocycles. The number of carbonyl (C=O) groups is 1. The van der Waals surface area contributed by atoms with Crippen molar-refractivity contribution in [1.82, 2.24) is 0 Å². The summed E-state index contributed by atoms with van der Waals surface area (Å²) in [4.78, 5) is 12.1. The van der Waals surface area contributed by atoms with E-state index >= 15 is 0 Å². The van der Waals surface area contributed by atoms with E-state index in [1.807, 2.05) is 6.07 Å². The molecular formula is C8H8ClNO2S2. The highest BCUT2D eigenvalue weighted by molar-refractivity contribution is 7.28. The van der Waals surface area contributed by atoms with Gasteiger partial charge in [0.2, 0.25) is 0 Å². The van der Waals surface area contributed by atoms with Crippen LogP contribution in [0.3, 0.4) is 0 Å². The van der Waals surface area contributed by atoms with E-state index < -0.39 is 5.97 Å². The van der Waals surface area contributed by atoms with Gasteiger partial charge in [-0.25, -0.2) is 4.79 Å². The van der Waals surface area contributed by atoms with Gasteiger partial charge in [-0.2, -0.15) is 0 Å². The Morgan fingerprint density at radius 1 is 1.36 bits per heavy atom. The van der Waals surface area contributed by atoms with Crippen LogP contribution >= 0.6 is 35.1 Å². The average molecular weight is 250 g/mol. The lowest BCUT2D eigenvalue weighted by atomic mass is 10.4. The molecule has 0 saturated heterocycles. The van der Waals surface area contributed by atoms with Gasteiger partial charge >= 0.3 is 5.97 Å². The number of thiophene rings is 2. The molecule has 0 spiro atoms. The Hall–Kier alpha value is -0.620. The van der Waals surface area contributed by atoms with Crippen molar-refractivity contribution in [2.75, 3.05) is 0 Å². The normalized spacial score (nSPS) is 10.1. The van der Waals surface area contributed by atoms with Crippen molar-refractivity contribution >= 4 is 50.4 Å². The SMILES string of the molecule is Cl.NCc1cc2sc(C(=O)O)cc2s1. The van der Waals surface area contributed by atoms with E-state index in [0.717, 1.165) is 14.3 Å². The van der Waals surface area contributed by atoms with Gasteiger partial charge in [0.05, 0.1) is 0 Å². The first kappa shape index (κ1) is 11.5. The summed E-state index contributed by atoms with van der Waals surface area (Å²) in [6, 6.07) is 3.66. The Morgan fingerprint density at radius 3 is 2.50 bits per heavy atom. The van der Waals surface area contributed by atoms with Crippen molar-refractivity contribution in [1.29, 1.82) is 0 Å². The highest BCUT2D eigenvalue weighted by atomic mass is 35.5. The van der Waals surface area contributed by atoms with Crippen LogP contribution in [0.4, 0.5) is 0 Å². The summed E-state index contributed by atoms with van der Waals surface area (Å²) in [5.41, 5.74) is 5.47. The number of rotatable bonds is 2. The van der Waals surface area contributed by atoms with Crippen molar-refractivity contribution in [2.24, 2.45) is 5.73 Å². The Balaban J connectivity index is 0.000000980. The molecule has 0 atom stereocenters. The summed E-state index contributed by atoms with van der Waals surface area (Å²) >= 11 is 2.85. The molecule has 0 saturated carbocycles. The second-order valence-electron chi connectivity index (χ2n) is 2.56. The molecule has 0 amide bonds. The summed E-state index contributed by atoms with van der Waals surface area (Å²) in [6.45, 7) is 0.522. The maximum atomic E-state index is 10.6. The van der Waals surface area contributed by atoms with Gasteiger partial charge in [-0.15, -0.1) is 35.1 Å². The molecule has 3 nitrogen and oxygen atoms in total. The number of carboxylic acid groups (broad SMARTS) is 1. The zero-order valence-corrected chi connectivity index (χ0v) is 9.47. The van der Waals surface area contributed by atoms with Crippen LogP contribution in [-0.4, -0.2) is 11.1 Å². The molecule has 0 aliphatic carbocycles. The van der Waals surface area contributed by atoms with E-state index in [9.17, 15) is 4.79 Å². The first-order valence-electron chi connectivity index (χ1n) is 3.66. The minimum atomic E-state index is -0.859. The molecule has 0 unspecified atom stereocenters. The maximum Gasteiger partial charge on any atom is 0.345 e.